The molecule has 0 aliphatic carbocycles. The molecule has 2 atom stereocenters. The third-order valence-electron chi connectivity index (χ3n) is 5.38. The van der Waals surface area contributed by atoms with Crippen LogP contribution in [0.25, 0.3) is 11.5 Å². The number of carbonyl (C=O) groups excluding carboxylic acids is 2. The van der Waals surface area contributed by atoms with Crippen molar-refractivity contribution in [3.8, 4) is 11.5 Å². The number of fused-ring (bicyclic) bond motifs is 1. The second-order valence-electron chi connectivity index (χ2n) is 7.53. The topological polar surface area (TPSA) is 214 Å². The van der Waals surface area contributed by atoms with Crippen LogP contribution < -0.4 is 15.6 Å². The van der Waals surface area contributed by atoms with Crippen LogP contribution in [-0.2, 0) is 20.9 Å². The van der Waals surface area contributed by atoms with E-state index in [1.807, 2.05) is 0 Å². The molecule has 3 aromatic rings. The number of anilines is 1. The van der Waals surface area contributed by atoms with Crippen LogP contribution >= 0.6 is 23.3 Å². The van der Waals surface area contributed by atoms with E-state index in [1.54, 1.807) is 29.1 Å². The zero-order chi connectivity index (χ0) is 25.4. The summed E-state index contributed by atoms with van der Waals surface area (Å²) in [6, 6.07) is 2.48. The molecule has 17 heteroatoms. The van der Waals surface area contributed by atoms with Crippen LogP contribution in [0.15, 0.2) is 51.8 Å². The summed E-state index contributed by atoms with van der Waals surface area (Å²) in [5.74, 6) is -2.27. The summed E-state index contributed by atoms with van der Waals surface area (Å²) in [5, 5.41) is 27.5. The Kier molecular flexibility index (Phi) is 6.06. The van der Waals surface area contributed by atoms with Crippen LogP contribution in [0, 0.1) is 0 Å². The summed E-state index contributed by atoms with van der Waals surface area (Å²) in [6.07, 6.45) is 4.76. The number of carboxylic acids is 1. The summed E-state index contributed by atoms with van der Waals surface area (Å²) in [6.45, 7) is 0.227. The van der Waals surface area contributed by atoms with Gasteiger partial charge in [-0.2, -0.15) is 14.3 Å². The molecule has 2 aliphatic rings. The van der Waals surface area contributed by atoms with Crippen molar-refractivity contribution < 1.29 is 33.8 Å². The number of nitrogens with zero attached hydrogens (tertiary/aromatic N) is 7. The van der Waals surface area contributed by atoms with Gasteiger partial charge in [-0.3, -0.25) is 14.5 Å². The molecule has 3 aromatic heterocycles. The fourth-order valence-corrected chi connectivity index (χ4v) is 5.53. The lowest BCUT2D eigenvalue weighted by atomic mass is 10.0. The van der Waals surface area contributed by atoms with Crippen molar-refractivity contribution in [1.82, 2.24) is 29.7 Å². The Morgan fingerprint density at radius 2 is 2.14 bits per heavy atom. The maximum absolute atomic E-state index is 12.9. The number of carbonyl (C=O) groups is 3. The highest BCUT2D eigenvalue weighted by Gasteiger charge is 2.54. The van der Waals surface area contributed by atoms with Gasteiger partial charge in [-0.05, 0) is 0 Å². The zero-order valence-corrected chi connectivity index (χ0v) is 19.6. The van der Waals surface area contributed by atoms with Gasteiger partial charge in [0, 0.05) is 35.0 Å². The summed E-state index contributed by atoms with van der Waals surface area (Å²) in [5.41, 5.74) is 6.09. The predicted molar refractivity (Wildman–Crippen MR) is 122 cm³/mol. The summed E-state index contributed by atoms with van der Waals surface area (Å²) in [7, 11) is 0. The highest BCUT2D eigenvalue weighted by Crippen LogP contribution is 2.40. The quantitative estimate of drug-likeness (QED) is 0.0959. The monoisotopic (exact) mass is 530 g/mol. The van der Waals surface area contributed by atoms with E-state index >= 15 is 0 Å². The van der Waals surface area contributed by atoms with Crippen LogP contribution in [0.4, 0.5) is 5.13 Å². The first-order valence-corrected chi connectivity index (χ1v) is 12.0. The Balaban J connectivity index is 1.32. The maximum Gasteiger partial charge on any atom is 0.352 e. The minimum Gasteiger partial charge on any atom is -0.477 e. The van der Waals surface area contributed by atoms with Crippen LogP contribution in [0.2, 0.25) is 0 Å². The first-order chi connectivity index (χ1) is 17.4. The fourth-order valence-electron chi connectivity index (χ4n) is 3.76. The number of nitrogen functional groups attached to an aromatic ring is 1. The number of oxime groups is 1. The standard InChI is InChI=1S/C19H15N9O6S2/c20-19-24-13(26-36-19)10(25-33)14(29)23-11-16(30)28-12(18(31)32)9(6-35-17(11)28)5-27-3-1-8(2-4-27)15-21-7-22-34-15/h1-4,7,11,17H,5-6H2,(H4-,20,23,24,26,29,31,32,33)/p+1/t11-,17-/m1/s1. The van der Waals surface area contributed by atoms with E-state index in [-0.39, 0.29) is 23.2 Å². The highest BCUT2D eigenvalue weighted by molar-refractivity contribution is 8.00. The van der Waals surface area contributed by atoms with Gasteiger partial charge in [0.2, 0.25) is 11.5 Å². The van der Waals surface area contributed by atoms with E-state index in [2.05, 4.69) is 30.0 Å². The lowest BCUT2D eigenvalue weighted by Gasteiger charge is -2.49. The lowest BCUT2D eigenvalue weighted by Crippen LogP contribution is -2.71. The summed E-state index contributed by atoms with van der Waals surface area (Å²) in [4.78, 5) is 46.5. The van der Waals surface area contributed by atoms with Gasteiger partial charge in [0.15, 0.2) is 30.4 Å². The molecular formula is C19H16N9O6S2+. The maximum atomic E-state index is 12.9. The molecule has 1 fully saturated rings. The number of aromatic nitrogens is 5. The van der Waals surface area contributed by atoms with Crippen molar-refractivity contribution in [1.29, 1.82) is 0 Å². The van der Waals surface area contributed by atoms with Gasteiger partial charge in [0.1, 0.15) is 17.1 Å². The Morgan fingerprint density at radius 1 is 1.36 bits per heavy atom. The molecule has 36 heavy (non-hydrogen) atoms. The average molecular weight is 531 g/mol. The van der Waals surface area contributed by atoms with Crippen LogP contribution in [-0.4, -0.2) is 75.4 Å². The van der Waals surface area contributed by atoms with Crippen LogP contribution in [0.3, 0.4) is 0 Å². The second-order valence-corrected chi connectivity index (χ2v) is 9.42. The molecule has 5 heterocycles. The molecule has 15 nitrogen and oxygen atoms in total. The molecule has 5 N–H and O–H groups in total. The molecule has 0 saturated carbocycles. The smallest absolute Gasteiger partial charge is 0.352 e. The number of nitrogens with two attached hydrogens (primary N) is 1. The van der Waals surface area contributed by atoms with Crippen molar-refractivity contribution >= 4 is 51.9 Å². The molecule has 2 amide bonds. The first kappa shape index (κ1) is 23.4. The predicted octanol–water partition coefficient (Wildman–Crippen LogP) is -0.925. The van der Waals surface area contributed by atoms with Crippen molar-refractivity contribution in [2.24, 2.45) is 5.16 Å². The van der Waals surface area contributed by atoms with Gasteiger partial charge in [-0.15, -0.1) is 11.8 Å². The number of carboxylic acid groups (broad SMARTS) is 1. The van der Waals surface area contributed by atoms with Crippen molar-refractivity contribution in [3.63, 3.8) is 0 Å². The number of aliphatic carboxylic acids is 1. The van der Waals surface area contributed by atoms with Gasteiger partial charge < -0.3 is 25.9 Å². The molecule has 0 radical (unpaired) electrons. The molecule has 0 unspecified atom stereocenters. The molecule has 184 valence electrons. The number of hydrogen-bond donors (Lipinski definition) is 4. The molecule has 0 aromatic carbocycles. The van der Waals surface area contributed by atoms with Crippen LogP contribution in [0.5, 0.6) is 0 Å². The Labute approximate surface area is 209 Å². The number of pyridine rings is 1. The number of thioether (sulfide) groups is 1. The average Bonchev–Trinajstić information content (AvgIpc) is 3.55. The van der Waals surface area contributed by atoms with Gasteiger partial charge in [0.25, 0.3) is 17.7 Å². The van der Waals surface area contributed by atoms with Gasteiger partial charge in [-0.1, -0.05) is 10.3 Å². The van der Waals surface area contributed by atoms with Gasteiger partial charge in [-0.25, -0.2) is 9.36 Å². The minimum atomic E-state index is -1.25. The van der Waals surface area contributed by atoms with E-state index in [4.69, 9.17) is 10.3 Å². The number of hydrogen-bond acceptors (Lipinski definition) is 13. The Morgan fingerprint density at radius 3 is 2.75 bits per heavy atom. The van der Waals surface area contributed by atoms with Crippen molar-refractivity contribution in [2.75, 3.05) is 11.5 Å². The largest absolute Gasteiger partial charge is 0.477 e. The third kappa shape index (κ3) is 4.13. The first-order valence-electron chi connectivity index (χ1n) is 10.2. The van der Waals surface area contributed by atoms with Gasteiger partial charge in [0.05, 0.1) is 5.56 Å². The molecule has 1 saturated heterocycles. The highest BCUT2D eigenvalue weighted by atomic mass is 32.2. The fraction of sp³-hybridized carbons (Fsp3) is 0.211. The Bertz CT molecular complexity index is 1400. The SMILES string of the molecule is Nc1nc(/C(=N/O)C(=O)N[C@@H]2C(=O)N3C(C(=O)O)=C(C[n+]4ccc(-c5ncno5)cc4)CS[C@H]23)ns1. The Hall–Kier alpha value is -4.38. The van der Waals surface area contributed by atoms with E-state index in [0.717, 1.165) is 16.4 Å². The lowest BCUT2D eigenvalue weighted by molar-refractivity contribution is -0.689. The van der Waals surface area contributed by atoms with E-state index in [9.17, 15) is 24.7 Å². The van der Waals surface area contributed by atoms with Crippen molar-refractivity contribution in [2.45, 2.75) is 18.0 Å². The summed E-state index contributed by atoms with van der Waals surface area (Å²) >= 11 is 2.12. The van der Waals surface area contributed by atoms with E-state index in [0.29, 0.717) is 22.8 Å². The number of β-lactam (4-membered cyclic amide) rings is 1. The zero-order valence-electron chi connectivity index (χ0n) is 18.0. The number of rotatable bonds is 7. The third-order valence-corrected chi connectivity index (χ3v) is 7.26. The number of nitrogens with one attached hydrogen (secondary N) is 1. The molecular weight excluding hydrogens is 514 g/mol. The summed E-state index contributed by atoms with van der Waals surface area (Å²) < 4.78 is 10.6. The van der Waals surface area contributed by atoms with E-state index < -0.39 is 34.9 Å². The molecule has 0 bridgehead atoms. The van der Waals surface area contributed by atoms with Gasteiger partial charge >= 0.3 is 5.97 Å². The van der Waals surface area contributed by atoms with Crippen molar-refractivity contribution in [3.05, 3.63) is 47.9 Å². The second kappa shape index (κ2) is 9.34. The minimum absolute atomic E-state index is 0.0681. The molecule has 0 spiro atoms. The number of amides is 2. The normalized spacial score (nSPS) is 19.6. The molecule has 2 aliphatic heterocycles. The molecule has 5 rings (SSSR count). The van der Waals surface area contributed by atoms with E-state index in [1.165, 1.54) is 18.1 Å². The van der Waals surface area contributed by atoms with Crippen LogP contribution in [0.1, 0.15) is 5.82 Å².